The minimum atomic E-state index is -3.16. The van der Waals surface area contributed by atoms with Crippen molar-refractivity contribution < 1.29 is 8.42 Å². The molecule has 21 heavy (non-hydrogen) atoms. The third-order valence-electron chi connectivity index (χ3n) is 3.22. The Bertz CT molecular complexity index is 851. The number of nitrogens with zero attached hydrogens (tertiary/aromatic N) is 2. The molecule has 106 valence electrons. The maximum absolute atomic E-state index is 11.5. The predicted molar refractivity (Wildman–Crippen MR) is 82.1 cm³/mol. The molecule has 0 amide bonds. The predicted octanol–water partition coefficient (Wildman–Crippen LogP) is 2.94. The first-order valence-corrected chi connectivity index (χ1v) is 8.33. The van der Waals surface area contributed by atoms with E-state index in [2.05, 4.69) is 4.98 Å². The summed E-state index contributed by atoms with van der Waals surface area (Å²) < 4.78 is 24.8. The quantitative estimate of drug-likeness (QED) is 0.747. The van der Waals surface area contributed by atoms with E-state index in [-0.39, 0.29) is 0 Å². The van der Waals surface area contributed by atoms with E-state index < -0.39 is 9.84 Å². The molecule has 0 aliphatic carbocycles. The van der Waals surface area contributed by atoms with E-state index in [1.807, 2.05) is 41.1 Å². The summed E-state index contributed by atoms with van der Waals surface area (Å²) in [5, 5.41) is 0. The van der Waals surface area contributed by atoms with E-state index >= 15 is 0 Å². The van der Waals surface area contributed by atoms with Gasteiger partial charge < -0.3 is 4.57 Å². The van der Waals surface area contributed by atoms with Crippen molar-refractivity contribution in [3.63, 3.8) is 0 Å². The molecule has 0 atom stereocenters. The molecule has 0 N–H and O–H groups in total. The highest BCUT2D eigenvalue weighted by Crippen LogP contribution is 2.19. The van der Waals surface area contributed by atoms with Crippen LogP contribution in [0.1, 0.15) is 0 Å². The largest absolute Gasteiger partial charge is 0.306 e. The van der Waals surface area contributed by atoms with Gasteiger partial charge in [0.2, 0.25) is 0 Å². The lowest BCUT2D eigenvalue weighted by molar-refractivity contribution is 0.602. The van der Waals surface area contributed by atoms with Crippen molar-refractivity contribution in [2.24, 2.45) is 0 Å². The highest BCUT2D eigenvalue weighted by Gasteiger charge is 2.07. The number of imidazole rings is 1. The lowest BCUT2D eigenvalue weighted by Crippen LogP contribution is -1.97. The van der Waals surface area contributed by atoms with Gasteiger partial charge in [0.15, 0.2) is 9.84 Å². The summed E-state index contributed by atoms with van der Waals surface area (Å²) in [6, 6.07) is 16.6. The molecule has 0 saturated carbocycles. The van der Waals surface area contributed by atoms with Crippen LogP contribution in [0, 0.1) is 0 Å². The van der Waals surface area contributed by atoms with Crippen molar-refractivity contribution in [3.05, 3.63) is 67.1 Å². The molecular weight excluding hydrogens is 284 g/mol. The van der Waals surface area contributed by atoms with Crippen LogP contribution in [0.3, 0.4) is 0 Å². The summed E-state index contributed by atoms with van der Waals surface area (Å²) in [4.78, 5) is 4.69. The average Bonchev–Trinajstić information content (AvgIpc) is 2.97. The second-order valence-corrected chi connectivity index (χ2v) is 6.81. The Labute approximate surface area is 123 Å². The Morgan fingerprint density at radius 1 is 0.952 bits per heavy atom. The lowest BCUT2D eigenvalue weighted by atomic mass is 10.2. The van der Waals surface area contributed by atoms with E-state index in [0.717, 1.165) is 16.9 Å². The molecule has 0 radical (unpaired) electrons. The first-order chi connectivity index (χ1) is 10.0. The molecule has 0 spiro atoms. The van der Waals surface area contributed by atoms with Crippen LogP contribution in [0.25, 0.3) is 16.9 Å². The Morgan fingerprint density at radius 2 is 1.62 bits per heavy atom. The number of hydrogen-bond acceptors (Lipinski definition) is 3. The van der Waals surface area contributed by atoms with Crippen molar-refractivity contribution in [1.82, 2.24) is 9.55 Å². The number of sulfone groups is 1. The zero-order valence-corrected chi connectivity index (χ0v) is 12.3. The van der Waals surface area contributed by atoms with Gasteiger partial charge in [-0.1, -0.05) is 30.3 Å². The van der Waals surface area contributed by atoms with Crippen molar-refractivity contribution in [3.8, 4) is 16.9 Å². The maximum Gasteiger partial charge on any atom is 0.175 e. The van der Waals surface area contributed by atoms with Gasteiger partial charge in [-0.25, -0.2) is 13.4 Å². The van der Waals surface area contributed by atoms with Gasteiger partial charge in [0, 0.05) is 23.7 Å². The van der Waals surface area contributed by atoms with Crippen LogP contribution in [0.2, 0.25) is 0 Å². The van der Waals surface area contributed by atoms with Gasteiger partial charge >= 0.3 is 0 Å². The van der Waals surface area contributed by atoms with Gasteiger partial charge in [0.05, 0.1) is 16.9 Å². The fraction of sp³-hybridized carbons (Fsp3) is 0.0625. The molecular formula is C16H14N2O2S. The van der Waals surface area contributed by atoms with Crippen LogP contribution < -0.4 is 0 Å². The topological polar surface area (TPSA) is 52.0 Å². The summed E-state index contributed by atoms with van der Waals surface area (Å²) in [5.74, 6) is 0. The molecule has 1 heterocycles. The van der Waals surface area contributed by atoms with Crippen LogP contribution in [0.4, 0.5) is 0 Å². The van der Waals surface area contributed by atoms with Gasteiger partial charge in [-0.3, -0.25) is 0 Å². The Balaban J connectivity index is 1.94. The van der Waals surface area contributed by atoms with E-state index in [0.29, 0.717) is 4.90 Å². The van der Waals surface area contributed by atoms with Gasteiger partial charge in [-0.05, 0) is 24.3 Å². The fourth-order valence-electron chi connectivity index (χ4n) is 2.09. The standard InChI is InChI=1S/C16H14N2O2S/c1-21(19,20)15-9-7-14(8-10-15)18-11-16(17-12-18)13-5-3-2-4-6-13/h2-12H,1H3. The third kappa shape index (κ3) is 2.87. The summed E-state index contributed by atoms with van der Waals surface area (Å²) >= 11 is 0. The third-order valence-corrected chi connectivity index (χ3v) is 4.34. The maximum atomic E-state index is 11.5. The molecule has 0 unspecified atom stereocenters. The molecule has 0 aliphatic rings. The summed E-state index contributed by atoms with van der Waals surface area (Å²) in [6.07, 6.45) is 4.84. The van der Waals surface area contributed by atoms with E-state index in [4.69, 9.17) is 0 Å². The molecule has 2 aromatic carbocycles. The van der Waals surface area contributed by atoms with Crippen LogP contribution in [-0.2, 0) is 9.84 Å². The zero-order valence-electron chi connectivity index (χ0n) is 11.5. The molecule has 0 fully saturated rings. The first-order valence-electron chi connectivity index (χ1n) is 6.44. The van der Waals surface area contributed by atoms with Crippen LogP contribution >= 0.6 is 0 Å². The minimum Gasteiger partial charge on any atom is -0.306 e. The van der Waals surface area contributed by atoms with Crippen molar-refractivity contribution >= 4 is 9.84 Å². The van der Waals surface area contributed by atoms with Gasteiger partial charge in [0.1, 0.15) is 0 Å². The van der Waals surface area contributed by atoms with Gasteiger partial charge in [-0.2, -0.15) is 0 Å². The summed E-state index contributed by atoms with van der Waals surface area (Å²) in [5.41, 5.74) is 2.80. The average molecular weight is 298 g/mol. The number of benzene rings is 2. The number of hydrogen-bond donors (Lipinski definition) is 0. The van der Waals surface area contributed by atoms with E-state index in [1.54, 1.807) is 30.6 Å². The second kappa shape index (κ2) is 5.18. The summed E-state index contributed by atoms with van der Waals surface area (Å²) in [7, 11) is -3.16. The molecule has 1 aromatic heterocycles. The van der Waals surface area contributed by atoms with Crippen molar-refractivity contribution in [1.29, 1.82) is 0 Å². The second-order valence-electron chi connectivity index (χ2n) is 4.80. The lowest BCUT2D eigenvalue weighted by Gasteiger charge is -2.03. The highest BCUT2D eigenvalue weighted by molar-refractivity contribution is 7.90. The summed E-state index contributed by atoms with van der Waals surface area (Å²) in [6.45, 7) is 0. The fourth-order valence-corrected chi connectivity index (χ4v) is 2.72. The Kier molecular flexibility index (Phi) is 3.35. The molecule has 3 aromatic rings. The van der Waals surface area contributed by atoms with Crippen molar-refractivity contribution in [2.45, 2.75) is 4.90 Å². The Hall–Kier alpha value is -2.40. The zero-order chi connectivity index (χ0) is 14.9. The Morgan fingerprint density at radius 3 is 2.24 bits per heavy atom. The minimum absolute atomic E-state index is 0.314. The molecule has 0 bridgehead atoms. The smallest absolute Gasteiger partial charge is 0.175 e. The monoisotopic (exact) mass is 298 g/mol. The normalized spacial score (nSPS) is 11.5. The highest BCUT2D eigenvalue weighted by atomic mass is 32.2. The van der Waals surface area contributed by atoms with Gasteiger partial charge in [-0.15, -0.1) is 0 Å². The molecule has 4 nitrogen and oxygen atoms in total. The molecule has 3 rings (SSSR count). The number of rotatable bonds is 3. The molecule has 0 saturated heterocycles. The van der Waals surface area contributed by atoms with Crippen LogP contribution in [0.15, 0.2) is 72.0 Å². The van der Waals surface area contributed by atoms with Gasteiger partial charge in [0.25, 0.3) is 0 Å². The van der Waals surface area contributed by atoms with Crippen molar-refractivity contribution in [2.75, 3.05) is 6.26 Å². The van der Waals surface area contributed by atoms with E-state index in [1.165, 1.54) is 6.26 Å². The SMILES string of the molecule is CS(=O)(=O)c1ccc(-n2cnc(-c3ccccc3)c2)cc1. The molecule has 0 aliphatic heterocycles. The van der Waals surface area contributed by atoms with Crippen LogP contribution in [-0.4, -0.2) is 24.2 Å². The van der Waals surface area contributed by atoms with E-state index in [9.17, 15) is 8.42 Å². The molecule has 5 heteroatoms. The van der Waals surface area contributed by atoms with Crippen LogP contribution in [0.5, 0.6) is 0 Å². The first kappa shape index (κ1) is 13.6. The number of aromatic nitrogens is 2.